The highest BCUT2D eigenvalue weighted by atomic mass is 16.4. The van der Waals surface area contributed by atoms with Crippen molar-refractivity contribution in [2.75, 3.05) is 0 Å². The molecule has 2 atom stereocenters. The molecule has 3 heteroatoms. The third kappa shape index (κ3) is 3.43. The molecular formula is C16H20O3. The van der Waals surface area contributed by atoms with Crippen LogP contribution in [-0.2, 0) is 4.79 Å². The molecule has 0 radical (unpaired) electrons. The highest BCUT2D eigenvalue weighted by Gasteiger charge is 2.32. The van der Waals surface area contributed by atoms with Crippen molar-refractivity contribution in [3.8, 4) is 0 Å². The van der Waals surface area contributed by atoms with Gasteiger partial charge in [0.1, 0.15) is 0 Å². The Bertz CT molecular complexity index is 461. The van der Waals surface area contributed by atoms with E-state index in [2.05, 4.69) is 0 Å². The van der Waals surface area contributed by atoms with Crippen LogP contribution in [0.4, 0.5) is 0 Å². The number of hydrogen-bond acceptors (Lipinski definition) is 2. The monoisotopic (exact) mass is 260 g/mol. The molecule has 0 spiro atoms. The molecule has 3 nitrogen and oxygen atoms in total. The standard InChI is InChI=1S/C16H20O3/c1-11-6-8-12(9-7-11)15(17)10-13-4-2-3-5-14(13)16(18)19/h6-9,13-14H,2-5,10H2,1H3,(H,18,19)/t13-,14-/m0/s1. The summed E-state index contributed by atoms with van der Waals surface area (Å²) in [5, 5.41) is 9.22. The number of carboxylic acids is 1. The molecule has 0 saturated heterocycles. The molecule has 1 aliphatic carbocycles. The molecule has 0 aliphatic heterocycles. The van der Waals surface area contributed by atoms with Gasteiger partial charge in [0.15, 0.2) is 5.78 Å². The number of carbonyl (C=O) groups is 2. The van der Waals surface area contributed by atoms with Crippen molar-refractivity contribution >= 4 is 11.8 Å². The Hall–Kier alpha value is -1.64. The zero-order valence-electron chi connectivity index (χ0n) is 11.3. The fourth-order valence-electron chi connectivity index (χ4n) is 2.87. The quantitative estimate of drug-likeness (QED) is 0.843. The second kappa shape index (κ2) is 6.00. The Labute approximate surface area is 113 Å². The minimum absolute atomic E-state index is 0.0000491. The van der Waals surface area contributed by atoms with E-state index in [-0.39, 0.29) is 17.6 Å². The van der Waals surface area contributed by atoms with E-state index >= 15 is 0 Å². The number of aryl methyl sites for hydroxylation is 1. The van der Waals surface area contributed by atoms with Crippen LogP contribution in [0.1, 0.15) is 48.0 Å². The lowest BCUT2D eigenvalue weighted by Crippen LogP contribution is -2.28. The zero-order valence-corrected chi connectivity index (χ0v) is 11.3. The Morgan fingerprint density at radius 2 is 1.79 bits per heavy atom. The molecule has 0 bridgehead atoms. The molecule has 0 unspecified atom stereocenters. The number of ketones is 1. The maximum Gasteiger partial charge on any atom is 0.306 e. The summed E-state index contributed by atoms with van der Waals surface area (Å²) in [6, 6.07) is 7.50. The summed E-state index contributed by atoms with van der Waals surface area (Å²) < 4.78 is 0. The molecular weight excluding hydrogens is 240 g/mol. The summed E-state index contributed by atoms with van der Waals surface area (Å²) in [4.78, 5) is 23.4. The van der Waals surface area contributed by atoms with E-state index in [1.807, 2.05) is 31.2 Å². The molecule has 1 fully saturated rings. The van der Waals surface area contributed by atoms with E-state index in [0.717, 1.165) is 24.8 Å². The maximum absolute atomic E-state index is 12.2. The Balaban J connectivity index is 2.04. The van der Waals surface area contributed by atoms with E-state index in [1.165, 1.54) is 0 Å². The fraction of sp³-hybridized carbons (Fsp3) is 0.500. The average molecular weight is 260 g/mol. The smallest absolute Gasteiger partial charge is 0.306 e. The first-order valence-electron chi connectivity index (χ1n) is 6.90. The first-order chi connectivity index (χ1) is 9.08. The van der Waals surface area contributed by atoms with Crippen molar-refractivity contribution in [3.05, 3.63) is 35.4 Å². The average Bonchev–Trinajstić information content (AvgIpc) is 2.39. The predicted molar refractivity (Wildman–Crippen MR) is 73.2 cm³/mol. The largest absolute Gasteiger partial charge is 0.481 e. The molecule has 0 aromatic heterocycles. The van der Waals surface area contributed by atoms with Crippen LogP contribution in [0.5, 0.6) is 0 Å². The van der Waals surface area contributed by atoms with Crippen molar-refractivity contribution in [1.29, 1.82) is 0 Å². The fourth-order valence-corrected chi connectivity index (χ4v) is 2.87. The van der Waals surface area contributed by atoms with Gasteiger partial charge >= 0.3 is 5.97 Å². The first kappa shape index (κ1) is 13.8. The third-order valence-corrected chi connectivity index (χ3v) is 4.05. The van der Waals surface area contributed by atoms with Crippen molar-refractivity contribution < 1.29 is 14.7 Å². The van der Waals surface area contributed by atoms with Gasteiger partial charge in [0.2, 0.25) is 0 Å². The minimum Gasteiger partial charge on any atom is -0.481 e. The number of carboxylic acid groups (broad SMARTS) is 1. The van der Waals surface area contributed by atoms with Gasteiger partial charge in [-0.25, -0.2) is 0 Å². The summed E-state index contributed by atoms with van der Waals surface area (Å²) in [5.41, 5.74) is 1.82. The number of hydrogen-bond donors (Lipinski definition) is 1. The van der Waals surface area contributed by atoms with Crippen LogP contribution in [0.25, 0.3) is 0 Å². The van der Waals surface area contributed by atoms with Gasteiger partial charge in [-0.2, -0.15) is 0 Å². The second-order valence-corrected chi connectivity index (χ2v) is 5.48. The molecule has 0 amide bonds. The zero-order chi connectivity index (χ0) is 13.8. The van der Waals surface area contributed by atoms with Crippen LogP contribution in [0.2, 0.25) is 0 Å². The van der Waals surface area contributed by atoms with E-state index < -0.39 is 5.97 Å². The Morgan fingerprint density at radius 3 is 2.42 bits per heavy atom. The minimum atomic E-state index is -0.749. The number of carbonyl (C=O) groups excluding carboxylic acids is 1. The molecule has 2 rings (SSSR count). The maximum atomic E-state index is 12.2. The lowest BCUT2D eigenvalue weighted by molar-refractivity contribution is -0.144. The van der Waals surface area contributed by atoms with Crippen LogP contribution in [-0.4, -0.2) is 16.9 Å². The normalized spacial score (nSPS) is 23.0. The highest BCUT2D eigenvalue weighted by Crippen LogP contribution is 2.33. The summed E-state index contributed by atoms with van der Waals surface area (Å²) in [6.45, 7) is 1.98. The van der Waals surface area contributed by atoms with E-state index in [0.29, 0.717) is 18.4 Å². The highest BCUT2D eigenvalue weighted by molar-refractivity contribution is 5.96. The lowest BCUT2D eigenvalue weighted by Gasteiger charge is -2.27. The van der Waals surface area contributed by atoms with Gasteiger partial charge in [-0.15, -0.1) is 0 Å². The molecule has 1 aliphatic rings. The number of rotatable bonds is 4. The van der Waals surface area contributed by atoms with Gasteiger partial charge < -0.3 is 5.11 Å². The van der Waals surface area contributed by atoms with Crippen LogP contribution in [0.15, 0.2) is 24.3 Å². The van der Waals surface area contributed by atoms with Crippen LogP contribution in [0.3, 0.4) is 0 Å². The van der Waals surface area contributed by atoms with E-state index in [9.17, 15) is 14.7 Å². The van der Waals surface area contributed by atoms with Gasteiger partial charge in [-0.1, -0.05) is 42.7 Å². The second-order valence-electron chi connectivity index (χ2n) is 5.48. The molecule has 0 heterocycles. The van der Waals surface area contributed by atoms with Gasteiger partial charge in [0.05, 0.1) is 5.92 Å². The summed E-state index contributed by atoms with van der Waals surface area (Å²) in [5.74, 6) is -1.03. The molecule has 1 aromatic rings. The third-order valence-electron chi connectivity index (χ3n) is 4.05. The lowest BCUT2D eigenvalue weighted by atomic mass is 9.76. The van der Waals surface area contributed by atoms with Gasteiger partial charge in [-0.05, 0) is 25.7 Å². The van der Waals surface area contributed by atoms with Gasteiger partial charge in [-0.3, -0.25) is 9.59 Å². The van der Waals surface area contributed by atoms with Gasteiger partial charge in [0, 0.05) is 12.0 Å². The Kier molecular flexibility index (Phi) is 4.35. The topological polar surface area (TPSA) is 54.4 Å². The first-order valence-corrected chi connectivity index (χ1v) is 6.90. The van der Waals surface area contributed by atoms with Crippen LogP contribution >= 0.6 is 0 Å². The molecule has 1 N–H and O–H groups in total. The van der Waals surface area contributed by atoms with E-state index in [1.54, 1.807) is 0 Å². The molecule has 1 aromatic carbocycles. The summed E-state index contributed by atoms with van der Waals surface area (Å²) >= 11 is 0. The van der Waals surface area contributed by atoms with Crippen molar-refractivity contribution in [3.63, 3.8) is 0 Å². The predicted octanol–water partition coefficient (Wildman–Crippen LogP) is 3.46. The SMILES string of the molecule is Cc1ccc(C(=O)C[C@@H]2CCCC[C@@H]2C(=O)O)cc1. The Morgan fingerprint density at radius 1 is 1.16 bits per heavy atom. The van der Waals surface area contributed by atoms with E-state index in [4.69, 9.17) is 0 Å². The van der Waals surface area contributed by atoms with Crippen molar-refractivity contribution in [1.82, 2.24) is 0 Å². The summed E-state index contributed by atoms with van der Waals surface area (Å²) in [7, 11) is 0. The molecule has 1 saturated carbocycles. The molecule has 102 valence electrons. The van der Waals surface area contributed by atoms with Crippen LogP contribution < -0.4 is 0 Å². The van der Waals surface area contributed by atoms with Crippen molar-refractivity contribution in [2.24, 2.45) is 11.8 Å². The molecule has 19 heavy (non-hydrogen) atoms. The van der Waals surface area contributed by atoms with Crippen LogP contribution in [0, 0.1) is 18.8 Å². The van der Waals surface area contributed by atoms with Crippen molar-refractivity contribution in [2.45, 2.75) is 39.0 Å². The number of aliphatic carboxylic acids is 1. The number of benzene rings is 1. The summed E-state index contributed by atoms with van der Waals surface area (Å²) in [6.07, 6.45) is 3.93. The number of Topliss-reactive ketones (excluding diaryl/α,β-unsaturated/α-hetero) is 1. The van der Waals surface area contributed by atoms with Gasteiger partial charge in [0.25, 0.3) is 0 Å².